The van der Waals surface area contributed by atoms with Gasteiger partial charge < -0.3 is 10.6 Å². The number of piperidine rings is 1. The average Bonchev–Trinajstić information content (AvgIpc) is 2.55. The summed E-state index contributed by atoms with van der Waals surface area (Å²) in [6, 6.07) is 8.73. The van der Waals surface area contributed by atoms with Gasteiger partial charge in [-0.3, -0.25) is 4.79 Å². The molecule has 1 aliphatic heterocycles. The van der Waals surface area contributed by atoms with Crippen molar-refractivity contribution >= 4 is 5.91 Å². The zero-order valence-corrected chi connectivity index (χ0v) is 12.9. The first-order valence-corrected chi connectivity index (χ1v) is 8.39. The predicted molar refractivity (Wildman–Crippen MR) is 85.1 cm³/mol. The molecule has 3 rings (SSSR count). The molecule has 1 aromatic carbocycles. The summed E-state index contributed by atoms with van der Waals surface area (Å²) in [5, 5.41) is 6.67. The normalized spacial score (nSPS) is 28.7. The number of nitrogens with one attached hydrogen (secondary N) is 2. The fourth-order valence-corrected chi connectivity index (χ4v) is 3.74. The fourth-order valence-electron chi connectivity index (χ4n) is 3.74. The molecule has 0 saturated carbocycles. The van der Waals surface area contributed by atoms with E-state index in [1.165, 1.54) is 24.0 Å². The first kappa shape index (κ1) is 14.6. The van der Waals surface area contributed by atoms with Gasteiger partial charge in [0.15, 0.2) is 0 Å². The Morgan fingerprint density at radius 2 is 2.19 bits per heavy atom. The van der Waals surface area contributed by atoms with E-state index in [9.17, 15) is 4.79 Å². The van der Waals surface area contributed by atoms with Crippen LogP contribution in [0.4, 0.5) is 0 Å². The van der Waals surface area contributed by atoms with Crippen molar-refractivity contribution < 1.29 is 4.79 Å². The quantitative estimate of drug-likeness (QED) is 0.897. The van der Waals surface area contributed by atoms with E-state index < -0.39 is 0 Å². The van der Waals surface area contributed by atoms with E-state index in [1.54, 1.807) is 0 Å². The summed E-state index contributed by atoms with van der Waals surface area (Å²) < 4.78 is 0. The number of carbonyl (C=O) groups is 1. The Morgan fingerprint density at radius 3 is 3.05 bits per heavy atom. The van der Waals surface area contributed by atoms with Crippen LogP contribution in [0, 0.1) is 5.92 Å². The second-order valence-corrected chi connectivity index (χ2v) is 6.46. The van der Waals surface area contributed by atoms with Gasteiger partial charge in [0.25, 0.3) is 0 Å². The zero-order chi connectivity index (χ0) is 14.7. The highest BCUT2D eigenvalue weighted by Gasteiger charge is 2.28. The Balaban J connectivity index is 1.65. The number of fused-ring (bicyclic) bond motifs is 1. The zero-order valence-electron chi connectivity index (χ0n) is 12.9. The molecule has 1 aliphatic carbocycles. The predicted octanol–water partition coefficient (Wildman–Crippen LogP) is 2.96. The Labute approximate surface area is 127 Å². The van der Waals surface area contributed by atoms with E-state index in [4.69, 9.17) is 0 Å². The maximum atomic E-state index is 12.6. The molecular formula is C18H26N2O. The third kappa shape index (κ3) is 3.29. The smallest absolute Gasteiger partial charge is 0.237 e. The lowest BCUT2D eigenvalue weighted by atomic mass is 9.86. The molecule has 1 heterocycles. The molecule has 2 N–H and O–H groups in total. The van der Waals surface area contributed by atoms with Crippen LogP contribution in [0.5, 0.6) is 0 Å². The highest BCUT2D eigenvalue weighted by atomic mass is 16.2. The monoisotopic (exact) mass is 286 g/mol. The largest absolute Gasteiger partial charge is 0.348 e. The topological polar surface area (TPSA) is 41.1 Å². The highest BCUT2D eigenvalue weighted by molar-refractivity contribution is 5.82. The molecular weight excluding hydrogens is 260 g/mol. The molecule has 3 nitrogen and oxygen atoms in total. The summed E-state index contributed by atoms with van der Waals surface area (Å²) in [6.07, 6.45) is 6.73. The van der Waals surface area contributed by atoms with Crippen LogP contribution in [0.2, 0.25) is 0 Å². The molecule has 114 valence electrons. The van der Waals surface area contributed by atoms with E-state index in [0.29, 0.717) is 5.92 Å². The van der Waals surface area contributed by atoms with Crippen LogP contribution < -0.4 is 10.6 Å². The van der Waals surface area contributed by atoms with Crippen LogP contribution >= 0.6 is 0 Å². The standard InChI is InChI=1S/C18H26N2O/c1-2-13-10-11-19-17(12-13)18(21)20-16-9-5-7-14-6-3-4-8-15(14)16/h3-4,6,8,13,16-17,19H,2,5,7,9-12H2,1H3,(H,20,21). The Morgan fingerprint density at radius 1 is 1.33 bits per heavy atom. The van der Waals surface area contributed by atoms with E-state index in [2.05, 4.69) is 41.8 Å². The van der Waals surface area contributed by atoms with Gasteiger partial charge in [-0.1, -0.05) is 37.6 Å². The molecule has 1 amide bonds. The van der Waals surface area contributed by atoms with Gasteiger partial charge in [0.05, 0.1) is 12.1 Å². The summed E-state index contributed by atoms with van der Waals surface area (Å²) in [5.41, 5.74) is 2.72. The van der Waals surface area contributed by atoms with Gasteiger partial charge in [-0.15, -0.1) is 0 Å². The molecule has 0 radical (unpaired) electrons. The molecule has 0 bridgehead atoms. The van der Waals surface area contributed by atoms with Crippen LogP contribution in [0.25, 0.3) is 0 Å². The van der Waals surface area contributed by atoms with Gasteiger partial charge in [-0.05, 0) is 55.7 Å². The number of hydrogen-bond donors (Lipinski definition) is 2. The highest BCUT2D eigenvalue weighted by Crippen LogP contribution is 2.30. The average molecular weight is 286 g/mol. The van der Waals surface area contributed by atoms with Gasteiger partial charge >= 0.3 is 0 Å². The second-order valence-electron chi connectivity index (χ2n) is 6.46. The minimum absolute atomic E-state index is 0.00205. The molecule has 1 saturated heterocycles. The van der Waals surface area contributed by atoms with Gasteiger partial charge in [0, 0.05) is 0 Å². The maximum absolute atomic E-state index is 12.6. The lowest BCUT2D eigenvalue weighted by Gasteiger charge is -2.32. The molecule has 2 aliphatic rings. The first-order valence-electron chi connectivity index (χ1n) is 8.39. The number of aryl methyl sites for hydroxylation is 1. The van der Waals surface area contributed by atoms with Crippen molar-refractivity contribution in [3.05, 3.63) is 35.4 Å². The minimum atomic E-state index is -0.00205. The lowest BCUT2D eigenvalue weighted by molar-refractivity contribution is -0.125. The van der Waals surface area contributed by atoms with Gasteiger partial charge in [0.1, 0.15) is 0 Å². The van der Waals surface area contributed by atoms with Crippen molar-refractivity contribution in [2.24, 2.45) is 5.92 Å². The lowest BCUT2D eigenvalue weighted by Crippen LogP contribution is -2.49. The van der Waals surface area contributed by atoms with Crippen molar-refractivity contribution in [2.45, 2.75) is 57.5 Å². The maximum Gasteiger partial charge on any atom is 0.237 e. The van der Waals surface area contributed by atoms with Crippen molar-refractivity contribution in [3.8, 4) is 0 Å². The van der Waals surface area contributed by atoms with E-state index in [0.717, 1.165) is 32.2 Å². The number of rotatable bonds is 3. The number of hydrogen-bond acceptors (Lipinski definition) is 2. The van der Waals surface area contributed by atoms with Gasteiger partial charge in [-0.2, -0.15) is 0 Å². The summed E-state index contributed by atoms with van der Waals surface area (Å²) in [4.78, 5) is 12.6. The van der Waals surface area contributed by atoms with Crippen molar-refractivity contribution in [3.63, 3.8) is 0 Å². The van der Waals surface area contributed by atoms with Crippen molar-refractivity contribution in [1.82, 2.24) is 10.6 Å². The van der Waals surface area contributed by atoms with Crippen LogP contribution in [-0.4, -0.2) is 18.5 Å². The first-order chi connectivity index (χ1) is 10.3. The molecule has 0 spiro atoms. The summed E-state index contributed by atoms with van der Waals surface area (Å²) in [7, 11) is 0. The third-order valence-electron chi connectivity index (χ3n) is 5.09. The van der Waals surface area contributed by atoms with E-state index >= 15 is 0 Å². The molecule has 21 heavy (non-hydrogen) atoms. The van der Waals surface area contributed by atoms with Gasteiger partial charge in [-0.25, -0.2) is 0 Å². The van der Waals surface area contributed by atoms with Crippen LogP contribution in [0.15, 0.2) is 24.3 Å². The van der Waals surface area contributed by atoms with E-state index in [-0.39, 0.29) is 18.0 Å². The summed E-state index contributed by atoms with van der Waals surface area (Å²) in [6.45, 7) is 3.19. The van der Waals surface area contributed by atoms with Crippen LogP contribution in [0.3, 0.4) is 0 Å². The SMILES string of the molecule is CCC1CCNC(C(=O)NC2CCCc3ccccc32)C1. The van der Waals surface area contributed by atoms with Crippen molar-refractivity contribution in [2.75, 3.05) is 6.54 Å². The van der Waals surface area contributed by atoms with Crippen LogP contribution in [-0.2, 0) is 11.2 Å². The molecule has 1 fully saturated rings. The molecule has 3 atom stereocenters. The van der Waals surface area contributed by atoms with Gasteiger partial charge in [0.2, 0.25) is 5.91 Å². The number of amides is 1. The molecule has 1 aromatic rings. The summed E-state index contributed by atoms with van der Waals surface area (Å²) >= 11 is 0. The fraction of sp³-hybridized carbons (Fsp3) is 0.611. The third-order valence-corrected chi connectivity index (χ3v) is 5.09. The van der Waals surface area contributed by atoms with Crippen LogP contribution in [0.1, 0.15) is 56.2 Å². The second kappa shape index (κ2) is 6.61. The van der Waals surface area contributed by atoms with Crippen molar-refractivity contribution in [1.29, 1.82) is 0 Å². The molecule has 3 unspecified atom stereocenters. The van der Waals surface area contributed by atoms with E-state index in [1.807, 2.05) is 0 Å². The molecule has 3 heteroatoms. The Hall–Kier alpha value is -1.35. The number of benzene rings is 1. The minimum Gasteiger partial charge on any atom is -0.348 e. The Kier molecular flexibility index (Phi) is 4.59. The molecule has 0 aromatic heterocycles. The number of carbonyl (C=O) groups excluding carboxylic acids is 1. The Bertz CT molecular complexity index is 500. The summed E-state index contributed by atoms with van der Waals surface area (Å²) in [5.74, 6) is 0.885.